The average Bonchev–Trinajstić information content (AvgIpc) is 3.09. The Morgan fingerprint density at radius 2 is 2.21 bits per heavy atom. The minimum Gasteiger partial charge on any atom is -0.456 e. The highest BCUT2D eigenvalue weighted by molar-refractivity contribution is 8.26. The number of amides is 1. The van der Waals surface area contributed by atoms with Crippen molar-refractivity contribution in [2.24, 2.45) is 0 Å². The predicted octanol–water partition coefficient (Wildman–Crippen LogP) is 3.69. The van der Waals surface area contributed by atoms with E-state index in [0.29, 0.717) is 15.0 Å². The van der Waals surface area contributed by atoms with Crippen molar-refractivity contribution < 1.29 is 9.21 Å². The first-order valence-electron chi connectivity index (χ1n) is 7.15. The van der Waals surface area contributed by atoms with Crippen LogP contribution in [0, 0.1) is 6.92 Å². The second kappa shape index (κ2) is 5.85. The van der Waals surface area contributed by atoms with Gasteiger partial charge in [-0.05, 0) is 30.7 Å². The van der Waals surface area contributed by atoms with Crippen LogP contribution in [0.2, 0.25) is 0 Å². The molecule has 0 atom stereocenters. The predicted molar refractivity (Wildman–Crippen MR) is 98.3 cm³/mol. The monoisotopic (exact) mass is 353 g/mol. The van der Waals surface area contributed by atoms with E-state index in [9.17, 15) is 4.79 Å². The second-order valence-corrected chi connectivity index (χ2v) is 7.01. The molecule has 0 bridgehead atoms. The number of carbonyl (C=O) groups excluding carboxylic acids is 1. The molecule has 4 heterocycles. The van der Waals surface area contributed by atoms with Gasteiger partial charge in [0, 0.05) is 41.3 Å². The van der Waals surface area contributed by atoms with Crippen LogP contribution in [0.25, 0.3) is 28.2 Å². The van der Waals surface area contributed by atoms with Crippen molar-refractivity contribution in [1.29, 1.82) is 0 Å². The third kappa shape index (κ3) is 2.72. The minimum atomic E-state index is -0.200. The molecule has 7 heteroatoms. The molecule has 1 N–H and O–H groups in total. The zero-order valence-electron chi connectivity index (χ0n) is 12.6. The first kappa shape index (κ1) is 15.0. The average molecular weight is 353 g/mol. The summed E-state index contributed by atoms with van der Waals surface area (Å²) >= 11 is 6.22. The Balaban J connectivity index is 1.82. The number of rotatable bonds is 2. The van der Waals surface area contributed by atoms with Gasteiger partial charge in [-0.15, -0.1) is 0 Å². The molecule has 3 aromatic rings. The standard InChI is InChI=1S/C17H11N3O2S2/c1-9-4-10(2-3-19-9)13-8-18-7-11-5-12(22-15(11)13)6-14-16(21)20-17(23)24-14/h2-8H,1H3,(H,20,21,23). The first-order valence-corrected chi connectivity index (χ1v) is 8.38. The number of thioether (sulfide) groups is 1. The smallest absolute Gasteiger partial charge is 0.263 e. The molecule has 24 heavy (non-hydrogen) atoms. The molecule has 118 valence electrons. The molecule has 0 radical (unpaired) electrons. The number of nitrogens with one attached hydrogen (secondary N) is 1. The molecule has 1 amide bonds. The van der Waals surface area contributed by atoms with Gasteiger partial charge in [-0.1, -0.05) is 24.0 Å². The van der Waals surface area contributed by atoms with Gasteiger partial charge in [-0.2, -0.15) is 0 Å². The van der Waals surface area contributed by atoms with Crippen LogP contribution in [0.1, 0.15) is 11.5 Å². The van der Waals surface area contributed by atoms with Gasteiger partial charge < -0.3 is 9.73 Å². The Labute approximate surface area is 147 Å². The van der Waals surface area contributed by atoms with Crippen molar-refractivity contribution in [3.63, 3.8) is 0 Å². The summed E-state index contributed by atoms with van der Waals surface area (Å²) in [6, 6.07) is 5.76. The van der Waals surface area contributed by atoms with Crippen LogP contribution in [0.4, 0.5) is 0 Å². The van der Waals surface area contributed by atoms with Crippen molar-refractivity contribution in [3.05, 3.63) is 53.1 Å². The molecule has 0 aromatic carbocycles. The topological polar surface area (TPSA) is 68.0 Å². The normalized spacial score (nSPS) is 16.1. The lowest BCUT2D eigenvalue weighted by Gasteiger charge is -2.02. The van der Waals surface area contributed by atoms with Gasteiger partial charge in [0.05, 0.1) is 4.91 Å². The van der Waals surface area contributed by atoms with Gasteiger partial charge in [0.2, 0.25) is 0 Å². The summed E-state index contributed by atoms with van der Waals surface area (Å²) in [6.45, 7) is 1.94. The van der Waals surface area contributed by atoms with E-state index < -0.39 is 0 Å². The van der Waals surface area contributed by atoms with E-state index in [1.807, 2.05) is 25.1 Å². The molecule has 0 unspecified atom stereocenters. The molecular weight excluding hydrogens is 342 g/mol. The molecule has 1 aliphatic rings. The van der Waals surface area contributed by atoms with Crippen molar-refractivity contribution in [2.45, 2.75) is 6.92 Å². The van der Waals surface area contributed by atoms with Gasteiger partial charge in [-0.25, -0.2) is 0 Å². The number of aryl methyl sites for hydroxylation is 1. The van der Waals surface area contributed by atoms with Gasteiger partial charge in [-0.3, -0.25) is 14.8 Å². The van der Waals surface area contributed by atoms with Crippen molar-refractivity contribution in [1.82, 2.24) is 15.3 Å². The van der Waals surface area contributed by atoms with Crippen LogP contribution < -0.4 is 5.32 Å². The minimum absolute atomic E-state index is 0.200. The van der Waals surface area contributed by atoms with Crippen LogP contribution in [0.5, 0.6) is 0 Å². The van der Waals surface area contributed by atoms with E-state index in [-0.39, 0.29) is 5.91 Å². The molecule has 3 aromatic heterocycles. The summed E-state index contributed by atoms with van der Waals surface area (Å²) in [6.07, 6.45) is 6.96. The van der Waals surface area contributed by atoms with Gasteiger partial charge in [0.25, 0.3) is 5.91 Å². The fraction of sp³-hybridized carbons (Fsp3) is 0.0588. The van der Waals surface area contributed by atoms with Crippen LogP contribution in [-0.2, 0) is 4.79 Å². The summed E-state index contributed by atoms with van der Waals surface area (Å²) in [5.41, 5.74) is 3.53. The molecule has 0 spiro atoms. The number of hydrogen-bond donors (Lipinski definition) is 1. The fourth-order valence-electron chi connectivity index (χ4n) is 2.52. The highest BCUT2D eigenvalue weighted by Gasteiger charge is 2.22. The van der Waals surface area contributed by atoms with E-state index in [0.717, 1.165) is 27.8 Å². The first-order chi connectivity index (χ1) is 11.6. The Hall–Kier alpha value is -2.51. The molecule has 5 nitrogen and oxygen atoms in total. The third-order valence-electron chi connectivity index (χ3n) is 3.56. The highest BCUT2D eigenvalue weighted by Crippen LogP contribution is 2.32. The number of carbonyl (C=O) groups is 1. The molecule has 4 rings (SSSR count). The SMILES string of the molecule is Cc1cc(-c2cncc3cc(C=C4SC(=S)NC4=O)oc23)ccn1. The summed E-state index contributed by atoms with van der Waals surface area (Å²) < 4.78 is 6.42. The zero-order valence-corrected chi connectivity index (χ0v) is 14.2. The Kier molecular flexibility index (Phi) is 3.66. The lowest BCUT2D eigenvalue weighted by Crippen LogP contribution is -2.17. The lowest BCUT2D eigenvalue weighted by atomic mass is 10.1. The van der Waals surface area contributed by atoms with Crippen LogP contribution in [-0.4, -0.2) is 20.2 Å². The van der Waals surface area contributed by atoms with Crippen molar-refractivity contribution in [2.75, 3.05) is 0 Å². The number of aromatic nitrogens is 2. The van der Waals surface area contributed by atoms with Crippen molar-refractivity contribution >= 4 is 51.3 Å². The van der Waals surface area contributed by atoms with E-state index in [1.54, 1.807) is 24.7 Å². The van der Waals surface area contributed by atoms with Gasteiger partial charge in [0.15, 0.2) is 0 Å². The molecule has 0 aliphatic carbocycles. The van der Waals surface area contributed by atoms with Crippen LogP contribution in [0.3, 0.4) is 0 Å². The van der Waals surface area contributed by atoms with Crippen LogP contribution >= 0.6 is 24.0 Å². The molecule has 1 saturated heterocycles. The number of thiocarbonyl (C=S) groups is 1. The molecule has 1 fully saturated rings. The third-order valence-corrected chi connectivity index (χ3v) is 4.73. The number of nitrogens with zero attached hydrogens (tertiary/aromatic N) is 2. The van der Waals surface area contributed by atoms with Gasteiger partial charge >= 0.3 is 0 Å². The van der Waals surface area contributed by atoms with E-state index >= 15 is 0 Å². The number of fused-ring (bicyclic) bond motifs is 1. The van der Waals surface area contributed by atoms with E-state index in [4.69, 9.17) is 16.6 Å². The largest absolute Gasteiger partial charge is 0.456 e. The maximum Gasteiger partial charge on any atom is 0.263 e. The molecule has 1 aliphatic heterocycles. The zero-order chi connectivity index (χ0) is 16.7. The lowest BCUT2D eigenvalue weighted by molar-refractivity contribution is -0.115. The summed E-state index contributed by atoms with van der Waals surface area (Å²) in [7, 11) is 0. The summed E-state index contributed by atoms with van der Waals surface area (Å²) in [4.78, 5) is 20.8. The van der Waals surface area contributed by atoms with E-state index in [2.05, 4.69) is 15.3 Å². The van der Waals surface area contributed by atoms with E-state index in [1.165, 1.54) is 11.8 Å². The number of hydrogen-bond acceptors (Lipinski definition) is 6. The van der Waals surface area contributed by atoms with Crippen LogP contribution in [0.15, 0.2) is 46.1 Å². The number of furan rings is 1. The maximum atomic E-state index is 11.8. The fourth-order valence-corrected chi connectivity index (χ4v) is 3.55. The quantitative estimate of drug-likeness (QED) is 0.560. The Morgan fingerprint density at radius 1 is 1.33 bits per heavy atom. The summed E-state index contributed by atoms with van der Waals surface area (Å²) in [5, 5.41) is 3.47. The highest BCUT2D eigenvalue weighted by atomic mass is 32.2. The second-order valence-electron chi connectivity index (χ2n) is 5.29. The van der Waals surface area contributed by atoms with Gasteiger partial charge in [0.1, 0.15) is 15.7 Å². The van der Waals surface area contributed by atoms with Crippen molar-refractivity contribution in [3.8, 4) is 11.1 Å². The summed E-state index contributed by atoms with van der Waals surface area (Å²) in [5.74, 6) is 0.390. The Morgan fingerprint density at radius 3 is 2.96 bits per heavy atom. The number of pyridine rings is 2. The maximum absolute atomic E-state index is 11.8. The molecular formula is C17H11N3O2S2. The molecule has 0 saturated carbocycles. The Bertz CT molecular complexity index is 1020.